The molecule has 0 aliphatic carbocycles. The summed E-state index contributed by atoms with van der Waals surface area (Å²) in [4.78, 5) is 17.0. The third-order valence-corrected chi connectivity index (χ3v) is 5.04. The molecule has 0 saturated heterocycles. The minimum absolute atomic E-state index is 0.281. The van der Waals surface area contributed by atoms with Crippen molar-refractivity contribution in [1.29, 1.82) is 0 Å². The lowest BCUT2D eigenvalue weighted by atomic mass is 10.2. The normalized spacial score (nSPS) is 11.0. The van der Waals surface area contributed by atoms with Crippen LogP contribution >= 0.6 is 11.3 Å². The van der Waals surface area contributed by atoms with E-state index in [1.54, 1.807) is 42.5 Å². The summed E-state index contributed by atoms with van der Waals surface area (Å²) < 4.78 is 21.6. The van der Waals surface area contributed by atoms with E-state index in [1.807, 2.05) is 13.8 Å². The molecule has 2 aromatic carbocycles. The topological polar surface area (TPSA) is 69.0 Å². The van der Waals surface area contributed by atoms with E-state index < -0.39 is 0 Å². The fraction of sp³-hybridized carbons (Fsp3) is 0.150. The number of benzene rings is 2. The van der Waals surface area contributed by atoms with E-state index in [-0.39, 0.29) is 11.7 Å². The monoisotopic (exact) mass is 396 g/mol. The minimum atomic E-state index is -0.385. The lowest BCUT2D eigenvalue weighted by Crippen LogP contribution is -2.15. The smallest absolute Gasteiger partial charge is 0.256 e. The molecule has 6 nitrogen and oxygen atoms in total. The summed E-state index contributed by atoms with van der Waals surface area (Å²) in [5, 5.41) is 7.73. The van der Waals surface area contributed by atoms with Crippen LogP contribution in [0.2, 0.25) is 0 Å². The van der Waals surface area contributed by atoms with Gasteiger partial charge in [-0.3, -0.25) is 4.79 Å². The van der Waals surface area contributed by atoms with Gasteiger partial charge in [0.15, 0.2) is 0 Å². The molecule has 0 aliphatic rings. The number of nitrogens with one attached hydrogen (secondary N) is 1. The van der Waals surface area contributed by atoms with Crippen molar-refractivity contribution in [2.75, 3.05) is 11.9 Å². The summed E-state index contributed by atoms with van der Waals surface area (Å²) in [5.74, 6) is 0.507. The van der Waals surface area contributed by atoms with Crippen molar-refractivity contribution in [3.63, 3.8) is 0 Å². The Hall–Kier alpha value is -3.26. The number of halogens is 1. The first-order valence-electron chi connectivity index (χ1n) is 8.71. The molecule has 2 aromatic heterocycles. The van der Waals surface area contributed by atoms with E-state index in [0.29, 0.717) is 44.8 Å². The molecule has 0 spiro atoms. The number of rotatable bonds is 5. The summed E-state index contributed by atoms with van der Waals surface area (Å²) in [5.41, 5.74) is 1.49. The van der Waals surface area contributed by atoms with E-state index in [1.165, 1.54) is 22.1 Å². The van der Waals surface area contributed by atoms with Gasteiger partial charge in [0.1, 0.15) is 22.9 Å². The van der Waals surface area contributed by atoms with Crippen molar-refractivity contribution in [2.45, 2.75) is 13.8 Å². The van der Waals surface area contributed by atoms with Gasteiger partial charge < -0.3 is 10.1 Å². The van der Waals surface area contributed by atoms with Gasteiger partial charge in [-0.25, -0.2) is 9.37 Å². The molecule has 0 aliphatic heterocycles. The number of thiazole rings is 1. The van der Waals surface area contributed by atoms with Gasteiger partial charge in [0, 0.05) is 11.6 Å². The van der Waals surface area contributed by atoms with Crippen molar-refractivity contribution < 1.29 is 13.9 Å². The highest BCUT2D eigenvalue weighted by atomic mass is 32.1. The molecule has 8 heteroatoms. The highest BCUT2D eigenvalue weighted by molar-refractivity contribution is 7.20. The number of ether oxygens (including phenoxy) is 1. The highest BCUT2D eigenvalue weighted by Gasteiger charge is 2.16. The Labute approximate surface area is 164 Å². The molecule has 0 saturated carbocycles. The second-order valence-electron chi connectivity index (χ2n) is 6.08. The molecule has 1 amide bonds. The van der Waals surface area contributed by atoms with Gasteiger partial charge >= 0.3 is 0 Å². The maximum Gasteiger partial charge on any atom is 0.256 e. The van der Waals surface area contributed by atoms with Crippen LogP contribution in [0.4, 0.5) is 10.2 Å². The van der Waals surface area contributed by atoms with Gasteiger partial charge in [-0.1, -0.05) is 17.4 Å². The van der Waals surface area contributed by atoms with Gasteiger partial charge in [-0.05, 0) is 50.2 Å². The average Bonchev–Trinajstić information content (AvgIpc) is 3.26. The molecule has 28 heavy (non-hydrogen) atoms. The Kier molecular flexibility index (Phi) is 4.79. The van der Waals surface area contributed by atoms with E-state index >= 15 is 0 Å². The summed E-state index contributed by atoms with van der Waals surface area (Å²) in [6, 6.07) is 13.4. The van der Waals surface area contributed by atoms with Gasteiger partial charge in [0.25, 0.3) is 5.91 Å². The third kappa shape index (κ3) is 3.46. The van der Waals surface area contributed by atoms with E-state index in [0.717, 1.165) is 0 Å². The van der Waals surface area contributed by atoms with Crippen molar-refractivity contribution in [3.8, 4) is 10.9 Å². The number of hydrogen-bond donors (Lipinski definition) is 1. The van der Waals surface area contributed by atoms with Crippen LogP contribution in [-0.4, -0.2) is 27.3 Å². The number of anilines is 1. The quantitative estimate of drug-likeness (QED) is 0.536. The molecule has 142 valence electrons. The molecule has 0 atom stereocenters. The number of nitrogens with zero attached hydrogens (tertiary/aromatic N) is 3. The van der Waals surface area contributed by atoms with Crippen LogP contribution in [0.3, 0.4) is 0 Å². The van der Waals surface area contributed by atoms with E-state index in [2.05, 4.69) is 15.4 Å². The first kappa shape index (κ1) is 18.1. The molecule has 4 aromatic rings. The Morgan fingerprint density at radius 1 is 1.25 bits per heavy atom. The fourth-order valence-electron chi connectivity index (χ4n) is 2.79. The van der Waals surface area contributed by atoms with Crippen LogP contribution in [-0.2, 0) is 0 Å². The average molecular weight is 396 g/mol. The Balaban J connectivity index is 1.63. The number of carbonyl (C=O) groups excluding carboxylic acids is 1. The van der Waals surface area contributed by atoms with Crippen LogP contribution in [0.25, 0.3) is 15.3 Å². The second kappa shape index (κ2) is 7.40. The molecule has 1 N–H and O–H groups in total. The molecule has 2 heterocycles. The predicted octanol–water partition coefficient (Wildman–Crippen LogP) is 4.58. The van der Waals surface area contributed by atoms with Crippen molar-refractivity contribution in [3.05, 3.63) is 65.6 Å². The molecule has 0 radical (unpaired) electrons. The number of aromatic nitrogens is 3. The Morgan fingerprint density at radius 3 is 2.75 bits per heavy atom. The van der Waals surface area contributed by atoms with E-state index in [9.17, 15) is 9.18 Å². The molecular weight excluding hydrogens is 379 g/mol. The van der Waals surface area contributed by atoms with Gasteiger partial charge in [0.05, 0.1) is 17.0 Å². The summed E-state index contributed by atoms with van der Waals surface area (Å²) in [6.45, 7) is 4.28. The number of amides is 1. The summed E-state index contributed by atoms with van der Waals surface area (Å²) in [7, 11) is 0. The lowest BCUT2D eigenvalue weighted by Gasteiger charge is -2.07. The fourth-order valence-corrected chi connectivity index (χ4v) is 3.73. The van der Waals surface area contributed by atoms with Gasteiger partial charge in [-0.15, -0.1) is 0 Å². The van der Waals surface area contributed by atoms with Crippen molar-refractivity contribution >= 4 is 33.3 Å². The van der Waals surface area contributed by atoms with Crippen molar-refractivity contribution in [2.24, 2.45) is 0 Å². The lowest BCUT2D eigenvalue weighted by molar-refractivity contribution is 0.102. The maximum atomic E-state index is 14.0. The van der Waals surface area contributed by atoms with Crippen LogP contribution in [0.5, 0.6) is 5.75 Å². The largest absolute Gasteiger partial charge is 0.494 e. The highest BCUT2D eigenvalue weighted by Crippen LogP contribution is 2.28. The van der Waals surface area contributed by atoms with Crippen LogP contribution in [0, 0.1) is 12.7 Å². The van der Waals surface area contributed by atoms with Crippen molar-refractivity contribution in [1.82, 2.24) is 14.8 Å². The zero-order chi connectivity index (χ0) is 19.7. The minimum Gasteiger partial charge on any atom is -0.494 e. The van der Waals surface area contributed by atoms with Gasteiger partial charge in [0.2, 0.25) is 5.13 Å². The summed E-state index contributed by atoms with van der Waals surface area (Å²) in [6.07, 6.45) is 0. The predicted molar refractivity (Wildman–Crippen MR) is 107 cm³/mol. The zero-order valence-corrected chi connectivity index (χ0v) is 16.1. The first-order valence-corrected chi connectivity index (χ1v) is 9.53. The Morgan fingerprint density at radius 2 is 2.04 bits per heavy atom. The second-order valence-corrected chi connectivity index (χ2v) is 7.09. The van der Waals surface area contributed by atoms with Crippen LogP contribution in [0.1, 0.15) is 23.0 Å². The molecule has 0 unspecified atom stereocenters. The molecular formula is C20H17FN4O2S. The first-order chi connectivity index (χ1) is 13.5. The zero-order valence-electron chi connectivity index (χ0n) is 15.3. The summed E-state index contributed by atoms with van der Waals surface area (Å²) >= 11 is 1.30. The maximum absolute atomic E-state index is 14.0. The number of para-hydroxylation sites is 1. The number of aryl methyl sites for hydroxylation is 1. The number of fused-ring (bicyclic) bond motifs is 1. The Bertz CT molecular complexity index is 1150. The van der Waals surface area contributed by atoms with Gasteiger partial charge in [-0.2, -0.15) is 9.78 Å². The third-order valence-electron chi connectivity index (χ3n) is 4.04. The molecule has 4 rings (SSSR count). The van der Waals surface area contributed by atoms with Crippen LogP contribution < -0.4 is 10.1 Å². The number of carbonyl (C=O) groups is 1. The molecule has 0 fully saturated rings. The molecule has 0 bridgehead atoms. The van der Waals surface area contributed by atoms with Crippen LogP contribution in [0.15, 0.2) is 48.5 Å². The number of hydrogen-bond acceptors (Lipinski definition) is 5. The van der Waals surface area contributed by atoms with E-state index in [4.69, 9.17) is 4.74 Å². The standard InChI is InChI=1S/C20H17FN4O2S/c1-3-27-14-9-7-13(8-10-14)19(26)22-17-11-12(2)24-25(17)20-23-18-15(21)5-4-6-16(18)28-20/h4-11H,3H2,1-2H3,(H,22,26). The SMILES string of the molecule is CCOc1ccc(C(=O)Nc2cc(C)nn2-c2nc3c(F)cccc3s2)cc1.